The van der Waals surface area contributed by atoms with Crippen molar-refractivity contribution in [1.82, 2.24) is 10.2 Å². The third-order valence-corrected chi connectivity index (χ3v) is 6.73. The highest BCUT2D eigenvalue weighted by atomic mass is 15.2. The molecule has 4 fully saturated rings. The minimum Gasteiger partial charge on any atom is -0.311 e. The summed E-state index contributed by atoms with van der Waals surface area (Å²) in [7, 11) is 0. The average molecular weight is 276 g/mol. The first-order valence-electron chi connectivity index (χ1n) is 9.35. The maximum absolute atomic E-state index is 3.81. The van der Waals surface area contributed by atoms with Crippen LogP contribution in [-0.4, -0.2) is 35.6 Å². The van der Waals surface area contributed by atoms with Crippen molar-refractivity contribution in [2.24, 2.45) is 11.8 Å². The Bertz CT molecular complexity index is 326. The van der Waals surface area contributed by atoms with Crippen molar-refractivity contribution in [2.75, 3.05) is 6.54 Å². The van der Waals surface area contributed by atoms with E-state index in [-0.39, 0.29) is 0 Å². The Morgan fingerprint density at radius 1 is 0.800 bits per heavy atom. The van der Waals surface area contributed by atoms with E-state index in [0.29, 0.717) is 0 Å². The molecule has 0 aromatic rings. The van der Waals surface area contributed by atoms with E-state index in [9.17, 15) is 0 Å². The molecule has 2 nitrogen and oxygen atoms in total. The molecule has 2 heteroatoms. The van der Waals surface area contributed by atoms with Gasteiger partial charge < -0.3 is 5.32 Å². The average Bonchev–Trinajstić information content (AvgIpc) is 3.26. The van der Waals surface area contributed by atoms with Crippen LogP contribution >= 0.6 is 0 Å². The Hall–Kier alpha value is -0.0800. The van der Waals surface area contributed by atoms with E-state index >= 15 is 0 Å². The molecule has 2 heterocycles. The van der Waals surface area contributed by atoms with Gasteiger partial charge in [0.15, 0.2) is 0 Å². The first-order chi connectivity index (χ1) is 9.83. The molecule has 114 valence electrons. The van der Waals surface area contributed by atoms with Gasteiger partial charge in [-0.1, -0.05) is 19.8 Å². The van der Waals surface area contributed by atoms with Crippen LogP contribution in [0.1, 0.15) is 71.1 Å². The number of hydrogen-bond donors (Lipinski definition) is 1. The summed E-state index contributed by atoms with van der Waals surface area (Å²) in [4.78, 5) is 2.93. The molecule has 0 spiro atoms. The third-order valence-electron chi connectivity index (χ3n) is 6.73. The second-order valence-electron chi connectivity index (χ2n) is 8.01. The van der Waals surface area contributed by atoms with E-state index in [4.69, 9.17) is 0 Å². The van der Waals surface area contributed by atoms with Crippen LogP contribution in [0, 0.1) is 11.8 Å². The van der Waals surface area contributed by atoms with Gasteiger partial charge in [0.2, 0.25) is 0 Å². The fourth-order valence-electron chi connectivity index (χ4n) is 5.61. The molecule has 2 aliphatic heterocycles. The first-order valence-corrected chi connectivity index (χ1v) is 9.35. The molecule has 1 N–H and O–H groups in total. The molecule has 2 saturated heterocycles. The van der Waals surface area contributed by atoms with Gasteiger partial charge in [-0.2, -0.15) is 0 Å². The van der Waals surface area contributed by atoms with Crippen LogP contribution < -0.4 is 5.32 Å². The summed E-state index contributed by atoms with van der Waals surface area (Å²) in [5.41, 5.74) is 0. The zero-order chi connectivity index (χ0) is 13.5. The Kier molecular flexibility index (Phi) is 3.80. The maximum atomic E-state index is 3.81. The normalized spacial score (nSPS) is 45.0. The molecule has 2 saturated carbocycles. The molecule has 0 radical (unpaired) electrons. The quantitative estimate of drug-likeness (QED) is 0.844. The van der Waals surface area contributed by atoms with Crippen LogP contribution in [0.15, 0.2) is 0 Å². The Morgan fingerprint density at radius 3 is 2.20 bits per heavy atom. The monoisotopic (exact) mass is 276 g/mol. The van der Waals surface area contributed by atoms with Crippen molar-refractivity contribution < 1.29 is 0 Å². The van der Waals surface area contributed by atoms with Gasteiger partial charge in [-0.25, -0.2) is 0 Å². The van der Waals surface area contributed by atoms with Crippen molar-refractivity contribution in [1.29, 1.82) is 0 Å². The van der Waals surface area contributed by atoms with Gasteiger partial charge in [0.1, 0.15) is 0 Å². The van der Waals surface area contributed by atoms with Crippen molar-refractivity contribution in [3.63, 3.8) is 0 Å². The molecule has 4 unspecified atom stereocenters. The number of hydrogen-bond acceptors (Lipinski definition) is 2. The van der Waals surface area contributed by atoms with E-state index in [1.54, 1.807) is 12.8 Å². The smallest absolute Gasteiger partial charge is 0.0128 e. The van der Waals surface area contributed by atoms with Crippen LogP contribution in [0.5, 0.6) is 0 Å². The topological polar surface area (TPSA) is 15.3 Å². The maximum Gasteiger partial charge on any atom is 0.0128 e. The largest absolute Gasteiger partial charge is 0.311 e. The predicted molar refractivity (Wildman–Crippen MR) is 83.8 cm³/mol. The van der Waals surface area contributed by atoms with Crippen LogP contribution in [-0.2, 0) is 0 Å². The Balaban J connectivity index is 1.41. The number of rotatable bonds is 4. The SMILES string of the molecule is CCN(C1CC2CCC(C1)N2)C1CCCC(C2CC2)C1. The van der Waals surface area contributed by atoms with Gasteiger partial charge in [0, 0.05) is 24.2 Å². The lowest BCUT2D eigenvalue weighted by molar-refractivity contribution is 0.0609. The summed E-state index contributed by atoms with van der Waals surface area (Å²) in [5, 5.41) is 3.81. The summed E-state index contributed by atoms with van der Waals surface area (Å²) in [6, 6.07) is 3.50. The van der Waals surface area contributed by atoms with Crippen molar-refractivity contribution in [3.05, 3.63) is 0 Å². The number of nitrogens with one attached hydrogen (secondary N) is 1. The summed E-state index contributed by atoms with van der Waals surface area (Å²) in [5.74, 6) is 2.21. The predicted octanol–water partition coefficient (Wildman–Crippen LogP) is 3.56. The highest BCUT2D eigenvalue weighted by molar-refractivity contribution is 4.98. The van der Waals surface area contributed by atoms with Gasteiger partial charge in [0.25, 0.3) is 0 Å². The van der Waals surface area contributed by atoms with E-state index in [1.165, 1.54) is 57.9 Å². The highest BCUT2D eigenvalue weighted by Gasteiger charge is 2.40. The third kappa shape index (κ3) is 2.66. The molecule has 2 bridgehead atoms. The zero-order valence-corrected chi connectivity index (χ0v) is 13.2. The Labute approximate surface area is 124 Å². The second kappa shape index (κ2) is 5.61. The van der Waals surface area contributed by atoms with Crippen molar-refractivity contribution in [2.45, 2.75) is 95.3 Å². The van der Waals surface area contributed by atoms with Gasteiger partial charge in [-0.3, -0.25) is 4.90 Å². The van der Waals surface area contributed by atoms with Gasteiger partial charge in [0.05, 0.1) is 0 Å². The van der Waals surface area contributed by atoms with Crippen LogP contribution in [0.2, 0.25) is 0 Å². The van der Waals surface area contributed by atoms with Gasteiger partial charge >= 0.3 is 0 Å². The molecule has 4 atom stereocenters. The second-order valence-corrected chi connectivity index (χ2v) is 8.01. The summed E-state index contributed by atoms with van der Waals surface area (Å²) < 4.78 is 0. The number of nitrogens with zero attached hydrogens (tertiary/aromatic N) is 1. The van der Waals surface area contributed by atoms with E-state index in [1.807, 2.05) is 0 Å². The molecule has 20 heavy (non-hydrogen) atoms. The molecule has 0 aromatic carbocycles. The molecule has 0 amide bonds. The van der Waals surface area contributed by atoms with Crippen LogP contribution in [0.4, 0.5) is 0 Å². The molecule has 4 aliphatic rings. The highest BCUT2D eigenvalue weighted by Crippen LogP contribution is 2.45. The van der Waals surface area contributed by atoms with E-state index in [2.05, 4.69) is 17.1 Å². The fourth-order valence-corrected chi connectivity index (χ4v) is 5.61. The standard InChI is InChI=1S/C18H32N2/c1-2-20(18-11-15-8-9-16(12-18)19-15)17-5-3-4-14(10-17)13-6-7-13/h13-19H,2-12H2,1H3. The van der Waals surface area contributed by atoms with Crippen molar-refractivity contribution >= 4 is 0 Å². The Morgan fingerprint density at radius 2 is 1.55 bits per heavy atom. The number of piperidine rings is 1. The summed E-state index contributed by atoms with van der Waals surface area (Å²) in [6.45, 7) is 3.69. The molecule has 2 aliphatic carbocycles. The van der Waals surface area contributed by atoms with Crippen LogP contribution in [0.25, 0.3) is 0 Å². The minimum absolute atomic E-state index is 0.843. The molecule has 0 aromatic heterocycles. The fraction of sp³-hybridized carbons (Fsp3) is 1.00. The first kappa shape index (κ1) is 13.6. The molecule has 4 rings (SSSR count). The van der Waals surface area contributed by atoms with E-state index in [0.717, 1.165) is 36.0 Å². The zero-order valence-electron chi connectivity index (χ0n) is 13.2. The lowest BCUT2D eigenvalue weighted by Crippen LogP contribution is -2.52. The molecular formula is C18H32N2. The van der Waals surface area contributed by atoms with Gasteiger partial charge in [-0.05, 0) is 69.7 Å². The lowest BCUT2D eigenvalue weighted by Gasteiger charge is -2.44. The summed E-state index contributed by atoms with van der Waals surface area (Å²) in [6.07, 6.45) is 14.9. The summed E-state index contributed by atoms with van der Waals surface area (Å²) >= 11 is 0. The van der Waals surface area contributed by atoms with Gasteiger partial charge in [-0.15, -0.1) is 0 Å². The molecular weight excluding hydrogens is 244 g/mol. The lowest BCUT2D eigenvalue weighted by atomic mass is 9.81. The minimum atomic E-state index is 0.843. The van der Waals surface area contributed by atoms with E-state index < -0.39 is 0 Å². The number of fused-ring (bicyclic) bond motifs is 2. The van der Waals surface area contributed by atoms with Crippen molar-refractivity contribution in [3.8, 4) is 0 Å². The van der Waals surface area contributed by atoms with Crippen LogP contribution in [0.3, 0.4) is 0 Å².